The van der Waals surface area contributed by atoms with Crippen molar-refractivity contribution in [3.05, 3.63) is 63.5 Å². The third kappa shape index (κ3) is 6.77. The number of nitrogens with one attached hydrogen (secondary N) is 3. The van der Waals surface area contributed by atoms with Crippen LogP contribution in [0.5, 0.6) is 0 Å². The van der Waals surface area contributed by atoms with Gasteiger partial charge in [0.2, 0.25) is 5.96 Å². The standard InChI is InChI=1S/C26H30N6O2S2/c1-4-18(14-23-24(33)32-26(34)36-23)29-25(27-3)30-20-10-8-19(9-11-20)28-16(2)21-6-5-7-22(31-21)17-12-13-35-15-17/h4-7,12-16,19-20,28H,3,8-11H2,1-2H3,(H,29,30)(H,32,33,34)/b18-4-,23-14-/t16?,19-,20-. The van der Waals surface area contributed by atoms with Gasteiger partial charge in [-0.2, -0.15) is 11.3 Å². The number of aromatic nitrogens is 1. The summed E-state index contributed by atoms with van der Waals surface area (Å²) in [6.07, 6.45) is 7.34. The number of allylic oxidation sites excluding steroid dienone is 2. The fourth-order valence-corrected chi connectivity index (χ4v) is 5.58. The Bertz CT molecular complexity index is 1200. The summed E-state index contributed by atoms with van der Waals surface area (Å²) in [4.78, 5) is 36.9. The average molecular weight is 523 g/mol. The van der Waals surface area contributed by atoms with Crippen LogP contribution in [0.4, 0.5) is 4.79 Å². The number of guanidine groups is 1. The predicted molar refractivity (Wildman–Crippen MR) is 148 cm³/mol. The molecule has 188 valence electrons. The van der Waals surface area contributed by atoms with Gasteiger partial charge in [0.05, 0.1) is 22.0 Å². The molecular weight excluding hydrogens is 492 g/mol. The molecule has 8 nitrogen and oxygen atoms in total. The molecule has 2 aliphatic rings. The van der Waals surface area contributed by atoms with Gasteiger partial charge in [-0.1, -0.05) is 12.1 Å². The highest BCUT2D eigenvalue weighted by Crippen LogP contribution is 2.26. The van der Waals surface area contributed by atoms with Crippen LogP contribution >= 0.6 is 23.1 Å². The van der Waals surface area contributed by atoms with Crippen LogP contribution in [0.1, 0.15) is 51.3 Å². The zero-order valence-corrected chi connectivity index (χ0v) is 22.0. The minimum atomic E-state index is -0.408. The second kappa shape index (κ2) is 12.2. The maximum absolute atomic E-state index is 11.8. The molecule has 36 heavy (non-hydrogen) atoms. The number of rotatable bonds is 7. The average Bonchev–Trinajstić information content (AvgIpc) is 3.53. The molecule has 0 radical (unpaired) electrons. The summed E-state index contributed by atoms with van der Waals surface area (Å²) in [6.45, 7) is 7.62. The first kappa shape index (κ1) is 26.0. The molecule has 3 N–H and O–H groups in total. The number of aliphatic imine (C=N–C) groups is 2. The third-order valence-corrected chi connectivity index (χ3v) is 7.67. The smallest absolute Gasteiger partial charge is 0.290 e. The molecule has 2 aromatic heterocycles. The molecule has 2 fully saturated rings. The van der Waals surface area contributed by atoms with Gasteiger partial charge in [-0.25, -0.2) is 9.98 Å². The Morgan fingerprint density at radius 2 is 2.00 bits per heavy atom. The highest BCUT2D eigenvalue weighted by atomic mass is 32.2. The van der Waals surface area contributed by atoms with Crippen LogP contribution in [-0.4, -0.2) is 40.9 Å². The van der Waals surface area contributed by atoms with Crippen molar-refractivity contribution in [2.75, 3.05) is 0 Å². The molecule has 10 heteroatoms. The highest BCUT2D eigenvalue weighted by Gasteiger charge is 2.26. The fraction of sp³-hybridized carbons (Fsp3) is 0.346. The maximum Gasteiger partial charge on any atom is 0.290 e. The molecule has 0 bridgehead atoms. The molecule has 1 atom stereocenters. The summed E-state index contributed by atoms with van der Waals surface area (Å²) in [5.41, 5.74) is 3.76. The van der Waals surface area contributed by atoms with Crippen LogP contribution < -0.4 is 16.0 Å². The van der Waals surface area contributed by atoms with Crippen molar-refractivity contribution in [1.82, 2.24) is 20.9 Å². The summed E-state index contributed by atoms with van der Waals surface area (Å²) in [7, 11) is 0. The minimum absolute atomic E-state index is 0.160. The first-order valence-electron chi connectivity index (χ1n) is 11.9. The van der Waals surface area contributed by atoms with Gasteiger partial charge in [0.15, 0.2) is 0 Å². The number of nitrogens with zero attached hydrogens (tertiary/aromatic N) is 3. The summed E-state index contributed by atoms with van der Waals surface area (Å²) >= 11 is 2.54. The molecule has 2 aromatic rings. The third-order valence-electron chi connectivity index (χ3n) is 6.18. The lowest BCUT2D eigenvalue weighted by molar-refractivity contribution is -0.115. The first-order valence-corrected chi connectivity index (χ1v) is 13.7. The highest BCUT2D eigenvalue weighted by molar-refractivity contribution is 8.18. The Balaban J connectivity index is 1.30. The Morgan fingerprint density at radius 1 is 1.22 bits per heavy atom. The topological polar surface area (TPSA) is 108 Å². The van der Waals surface area contributed by atoms with Crippen LogP contribution in [0.2, 0.25) is 0 Å². The van der Waals surface area contributed by atoms with Gasteiger partial charge in [-0.15, -0.1) is 0 Å². The summed E-state index contributed by atoms with van der Waals surface area (Å²) in [6, 6.07) is 9.11. The molecule has 1 saturated carbocycles. The fourth-order valence-electron chi connectivity index (χ4n) is 4.26. The number of carbonyl (C=O) groups excluding carboxylic acids is 2. The van der Waals surface area contributed by atoms with Crippen LogP contribution in [-0.2, 0) is 4.79 Å². The molecule has 3 heterocycles. The lowest BCUT2D eigenvalue weighted by atomic mass is 9.90. The van der Waals surface area contributed by atoms with Crippen LogP contribution in [0, 0.1) is 0 Å². The van der Waals surface area contributed by atoms with Gasteiger partial charge in [0.1, 0.15) is 0 Å². The van der Waals surface area contributed by atoms with Crippen molar-refractivity contribution >= 4 is 46.9 Å². The van der Waals surface area contributed by atoms with Crippen LogP contribution in [0.3, 0.4) is 0 Å². The summed E-state index contributed by atoms with van der Waals surface area (Å²) in [5.74, 6) is 0.00275. The monoisotopic (exact) mass is 522 g/mol. The molecule has 1 aliphatic carbocycles. The summed E-state index contributed by atoms with van der Waals surface area (Å²) < 4.78 is 0. The summed E-state index contributed by atoms with van der Waals surface area (Å²) in [5, 5.41) is 13.2. The van der Waals surface area contributed by atoms with Gasteiger partial charge in [0.25, 0.3) is 11.1 Å². The lowest BCUT2D eigenvalue weighted by Gasteiger charge is -2.31. The van der Waals surface area contributed by atoms with Gasteiger partial charge < -0.3 is 10.6 Å². The zero-order valence-electron chi connectivity index (χ0n) is 20.4. The van der Waals surface area contributed by atoms with Crippen LogP contribution in [0.15, 0.2) is 67.8 Å². The SMILES string of the molecule is C=N\C(=N/C(=C\C)/C=C1\SC(=O)NC1=O)N[C@H]1CC[C@H](NC(C)c2cccc(-c3ccsc3)n2)CC1. The van der Waals surface area contributed by atoms with E-state index >= 15 is 0 Å². The quantitative estimate of drug-likeness (QED) is 0.262. The van der Waals surface area contributed by atoms with Crippen LogP contribution in [0.25, 0.3) is 11.3 Å². The lowest BCUT2D eigenvalue weighted by Crippen LogP contribution is -2.42. The Morgan fingerprint density at radius 3 is 2.64 bits per heavy atom. The van der Waals surface area contributed by atoms with E-state index in [-0.39, 0.29) is 17.3 Å². The van der Waals surface area contributed by atoms with E-state index in [0.29, 0.717) is 22.6 Å². The molecule has 1 unspecified atom stereocenters. The number of hydrogen-bond acceptors (Lipinski definition) is 7. The van der Waals surface area contributed by atoms with Crippen molar-refractivity contribution in [3.8, 4) is 11.3 Å². The van der Waals surface area contributed by atoms with Crippen molar-refractivity contribution in [1.29, 1.82) is 0 Å². The van der Waals surface area contributed by atoms with Gasteiger partial charge in [-0.3, -0.25) is 19.9 Å². The molecule has 1 saturated heterocycles. The largest absolute Gasteiger partial charge is 0.351 e. The van der Waals surface area contributed by atoms with E-state index in [2.05, 4.69) is 74.6 Å². The molecule has 4 rings (SSSR count). The number of thioether (sulfide) groups is 1. The Hall–Kier alpha value is -3.08. The molecule has 0 spiro atoms. The van der Waals surface area contributed by atoms with E-state index in [1.54, 1.807) is 23.5 Å². The Kier molecular flexibility index (Phi) is 8.84. The van der Waals surface area contributed by atoms with Crippen molar-refractivity contribution in [2.24, 2.45) is 9.98 Å². The van der Waals surface area contributed by atoms with E-state index in [9.17, 15) is 9.59 Å². The second-order valence-corrected chi connectivity index (χ2v) is 10.5. The Labute approximate surface area is 219 Å². The number of pyridine rings is 1. The normalized spacial score (nSPS) is 23.0. The predicted octanol–water partition coefficient (Wildman–Crippen LogP) is 5.19. The second-order valence-electron chi connectivity index (χ2n) is 8.70. The first-order chi connectivity index (χ1) is 17.4. The van der Waals surface area contributed by atoms with E-state index in [1.165, 1.54) is 0 Å². The van der Waals surface area contributed by atoms with E-state index in [1.807, 2.05) is 6.92 Å². The maximum atomic E-state index is 11.8. The van der Waals surface area contributed by atoms with Crippen molar-refractivity contribution in [2.45, 2.75) is 57.7 Å². The van der Waals surface area contributed by atoms with Gasteiger partial charge in [-0.05, 0) is 87.7 Å². The van der Waals surface area contributed by atoms with Gasteiger partial charge >= 0.3 is 0 Å². The molecular formula is C26H30N6O2S2. The number of carbonyl (C=O) groups is 2. The molecule has 0 aromatic carbocycles. The molecule has 2 amide bonds. The van der Waals surface area contributed by atoms with E-state index in [4.69, 9.17) is 4.98 Å². The number of amides is 2. The minimum Gasteiger partial charge on any atom is -0.351 e. The van der Waals surface area contributed by atoms with E-state index < -0.39 is 5.91 Å². The number of imide groups is 1. The molecule has 1 aliphatic heterocycles. The zero-order chi connectivity index (χ0) is 25.5. The number of thiophene rings is 1. The van der Waals surface area contributed by atoms with E-state index in [0.717, 1.165) is 54.4 Å². The van der Waals surface area contributed by atoms with Crippen molar-refractivity contribution in [3.63, 3.8) is 0 Å². The van der Waals surface area contributed by atoms with Gasteiger partial charge in [0, 0.05) is 29.1 Å². The van der Waals surface area contributed by atoms with Crippen molar-refractivity contribution < 1.29 is 9.59 Å². The number of hydrogen-bond donors (Lipinski definition) is 3.